The van der Waals surface area contributed by atoms with Crippen LogP contribution in [0.1, 0.15) is 35.8 Å². The molecule has 0 unspecified atom stereocenters. The Bertz CT molecular complexity index is 977. The molecule has 0 radical (unpaired) electrons. The normalized spacial score (nSPS) is 12.1. The quantitative estimate of drug-likeness (QED) is 0.789. The van der Waals surface area contributed by atoms with Gasteiger partial charge >= 0.3 is 0 Å². The van der Waals surface area contributed by atoms with Crippen molar-refractivity contribution in [2.45, 2.75) is 26.4 Å². The number of rotatable bonds is 4. The average molecular weight is 338 g/mol. The SMILES string of the molecule is CCn1cc(C(=O)N[C@H](C)c2ccc(F)cc2)c(=O)c2ccccc21. The highest BCUT2D eigenvalue weighted by atomic mass is 19.1. The highest BCUT2D eigenvalue weighted by Gasteiger charge is 2.17. The van der Waals surface area contributed by atoms with Crippen LogP contribution in [0.2, 0.25) is 0 Å². The van der Waals surface area contributed by atoms with Crippen molar-refractivity contribution in [1.29, 1.82) is 0 Å². The second-order valence-corrected chi connectivity index (χ2v) is 5.92. The summed E-state index contributed by atoms with van der Waals surface area (Å²) < 4.78 is 14.9. The number of amides is 1. The highest BCUT2D eigenvalue weighted by Crippen LogP contribution is 2.15. The maximum atomic E-state index is 13.0. The van der Waals surface area contributed by atoms with E-state index in [1.54, 1.807) is 37.4 Å². The molecule has 0 saturated carbocycles. The lowest BCUT2D eigenvalue weighted by atomic mass is 10.1. The first kappa shape index (κ1) is 16.9. The van der Waals surface area contributed by atoms with Gasteiger partial charge in [0.2, 0.25) is 5.43 Å². The van der Waals surface area contributed by atoms with Gasteiger partial charge in [-0.3, -0.25) is 9.59 Å². The van der Waals surface area contributed by atoms with Crippen LogP contribution in [-0.4, -0.2) is 10.5 Å². The molecule has 1 amide bonds. The number of fused-ring (bicyclic) bond motifs is 1. The minimum atomic E-state index is -0.435. The van der Waals surface area contributed by atoms with Crippen LogP contribution in [0.25, 0.3) is 10.9 Å². The largest absolute Gasteiger partial charge is 0.347 e. The van der Waals surface area contributed by atoms with Gasteiger partial charge in [-0.1, -0.05) is 24.3 Å². The molecule has 128 valence electrons. The smallest absolute Gasteiger partial charge is 0.257 e. The molecular formula is C20H19FN2O2. The Kier molecular flexibility index (Phi) is 4.65. The fourth-order valence-electron chi connectivity index (χ4n) is 2.88. The number of hydrogen-bond acceptors (Lipinski definition) is 2. The van der Waals surface area contributed by atoms with Crippen molar-refractivity contribution in [2.24, 2.45) is 0 Å². The summed E-state index contributed by atoms with van der Waals surface area (Å²) >= 11 is 0. The second-order valence-electron chi connectivity index (χ2n) is 5.92. The van der Waals surface area contributed by atoms with Gasteiger partial charge in [0.25, 0.3) is 5.91 Å². The van der Waals surface area contributed by atoms with Gasteiger partial charge in [-0.15, -0.1) is 0 Å². The number of aromatic nitrogens is 1. The number of hydrogen-bond donors (Lipinski definition) is 1. The Balaban J connectivity index is 1.95. The standard InChI is InChI=1S/C20H19FN2O2/c1-3-23-12-17(19(24)16-6-4-5-7-18(16)23)20(25)22-13(2)14-8-10-15(21)11-9-14/h4-13H,3H2,1-2H3,(H,22,25)/t13-/m1/s1. The molecule has 3 rings (SSSR count). The van der Waals surface area contributed by atoms with E-state index in [-0.39, 0.29) is 22.9 Å². The number of carbonyl (C=O) groups is 1. The van der Waals surface area contributed by atoms with Crippen LogP contribution in [0, 0.1) is 5.82 Å². The predicted molar refractivity (Wildman–Crippen MR) is 96.2 cm³/mol. The molecule has 1 heterocycles. The second kappa shape index (κ2) is 6.89. The summed E-state index contributed by atoms with van der Waals surface area (Å²) in [5.74, 6) is -0.766. The Morgan fingerprint density at radius 1 is 1.16 bits per heavy atom. The van der Waals surface area contributed by atoms with Crippen LogP contribution in [0.5, 0.6) is 0 Å². The van der Waals surface area contributed by atoms with Gasteiger partial charge in [0.1, 0.15) is 11.4 Å². The first-order valence-corrected chi connectivity index (χ1v) is 8.19. The number of carbonyl (C=O) groups excluding carboxylic acids is 1. The molecule has 1 atom stereocenters. The molecule has 4 nitrogen and oxygen atoms in total. The van der Waals surface area contributed by atoms with Gasteiger partial charge in [0.05, 0.1) is 11.6 Å². The monoisotopic (exact) mass is 338 g/mol. The van der Waals surface area contributed by atoms with Crippen LogP contribution < -0.4 is 10.7 Å². The third-order valence-corrected chi connectivity index (χ3v) is 4.29. The molecule has 2 aromatic carbocycles. The van der Waals surface area contributed by atoms with Crippen LogP contribution in [0.15, 0.2) is 59.5 Å². The van der Waals surface area contributed by atoms with Crippen molar-refractivity contribution in [3.63, 3.8) is 0 Å². The molecule has 5 heteroatoms. The van der Waals surface area contributed by atoms with E-state index in [0.717, 1.165) is 11.1 Å². The first-order valence-electron chi connectivity index (χ1n) is 8.19. The van der Waals surface area contributed by atoms with Crippen molar-refractivity contribution in [3.8, 4) is 0 Å². The first-order chi connectivity index (χ1) is 12.0. The lowest BCUT2D eigenvalue weighted by Gasteiger charge is -2.16. The van der Waals surface area contributed by atoms with E-state index in [4.69, 9.17) is 0 Å². The molecule has 1 N–H and O–H groups in total. The van der Waals surface area contributed by atoms with E-state index in [1.165, 1.54) is 12.1 Å². The van der Waals surface area contributed by atoms with Crippen molar-refractivity contribution >= 4 is 16.8 Å². The number of aryl methyl sites for hydroxylation is 1. The number of benzene rings is 2. The Labute approximate surface area is 144 Å². The van der Waals surface area contributed by atoms with E-state index >= 15 is 0 Å². The van der Waals surface area contributed by atoms with Gasteiger partial charge in [-0.25, -0.2) is 4.39 Å². The van der Waals surface area contributed by atoms with Crippen LogP contribution in [0.3, 0.4) is 0 Å². The van der Waals surface area contributed by atoms with E-state index < -0.39 is 5.91 Å². The van der Waals surface area contributed by atoms with Crippen LogP contribution in [0.4, 0.5) is 4.39 Å². The van der Waals surface area contributed by atoms with E-state index in [9.17, 15) is 14.0 Å². The number of nitrogens with zero attached hydrogens (tertiary/aromatic N) is 1. The zero-order valence-electron chi connectivity index (χ0n) is 14.1. The zero-order valence-corrected chi connectivity index (χ0v) is 14.1. The summed E-state index contributed by atoms with van der Waals surface area (Å²) in [7, 11) is 0. The number of nitrogens with one attached hydrogen (secondary N) is 1. The summed E-state index contributed by atoms with van der Waals surface area (Å²) in [4.78, 5) is 25.3. The maximum absolute atomic E-state index is 13.0. The third kappa shape index (κ3) is 3.31. The average Bonchev–Trinajstić information content (AvgIpc) is 2.62. The zero-order chi connectivity index (χ0) is 18.0. The lowest BCUT2D eigenvalue weighted by Crippen LogP contribution is -2.31. The van der Waals surface area contributed by atoms with Gasteiger partial charge in [0, 0.05) is 18.1 Å². The molecule has 0 aliphatic heterocycles. The summed E-state index contributed by atoms with van der Waals surface area (Å²) in [5, 5.41) is 3.33. The topological polar surface area (TPSA) is 51.1 Å². The maximum Gasteiger partial charge on any atom is 0.257 e. The minimum Gasteiger partial charge on any atom is -0.347 e. The van der Waals surface area contributed by atoms with Crippen molar-refractivity contribution < 1.29 is 9.18 Å². The lowest BCUT2D eigenvalue weighted by molar-refractivity contribution is 0.0938. The predicted octanol–water partition coefficient (Wildman–Crippen LogP) is 3.65. The summed E-state index contributed by atoms with van der Waals surface area (Å²) in [6.45, 7) is 4.40. The Morgan fingerprint density at radius 2 is 1.84 bits per heavy atom. The van der Waals surface area contributed by atoms with E-state index in [2.05, 4.69) is 5.32 Å². The molecule has 0 spiro atoms. The van der Waals surface area contributed by atoms with E-state index in [0.29, 0.717) is 11.9 Å². The molecule has 0 bridgehead atoms. The molecule has 0 saturated heterocycles. The van der Waals surface area contributed by atoms with Gasteiger partial charge < -0.3 is 9.88 Å². The molecule has 0 aliphatic carbocycles. The summed E-state index contributed by atoms with van der Waals surface area (Å²) in [6, 6.07) is 12.8. The van der Waals surface area contributed by atoms with Crippen LogP contribution >= 0.6 is 0 Å². The third-order valence-electron chi connectivity index (χ3n) is 4.29. The van der Waals surface area contributed by atoms with Crippen molar-refractivity contribution in [1.82, 2.24) is 9.88 Å². The fourth-order valence-corrected chi connectivity index (χ4v) is 2.88. The number of halogens is 1. The molecule has 25 heavy (non-hydrogen) atoms. The van der Waals surface area contributed by atoms with Crippen molar-refractivity contribution in [3.05, 3.63) is 81.9 Å². The summed E-state index contributed by atoms with van der Waals surface area (Å²) in [5.41, 5.74) is 1.39. The fraction of sp³-hybridized carbons (Fsp3) is 0.200. The Morgan fingerprint density at radius 3 is 2.52 bits per heavy atom. The molecule has 0 fully saturated rings. The molecule has 3 aromatic rings. The molecule has 1 aromatic heterocycles. The Hall–Kier alpha value is -2.95. The minimum absolute atomic E-state index is 0.106. The number of pyridine rings is 1. The molecule has 0 aliphatic rings. The van der Waals surface area contributed by atoms with Gasteiger partial charge in [-0.05, 0) is 43.7 Å². The number of para-hydroxylation sites is 1. The van der Waals surface area contributed by atoms with Gasteiger partial charge in [-0.2, -0.15) is 0 Å². The van der Waals surface area contributed by atoms with E-state index in [1.807, 2.05) is 23.6 Å². The van der Waals surface area contributed by atoms with Gasteiger partial charge in [0.15, 0.2) is 0 Å². The van der Waals surface area contributed by atoms with Crippen molar-refractivity contribution in [2.75, 3.05) is 0 Å². The highest BCUT2D eigenvalue weighted by molar-refractivity contribution is 5.97. The summed E-state index contributed by atoms with van der Waals surface area (Å²) in [6.07, 6.45) is 1.59. The molecular weight excluding hydrogens is 319 g/mol. The van der Waals surface area contributed by atoms with Crippen LogP contribution in [-0.2, 0) is 6.54 Å².